The quantitative estimate of drug-likeness (QED) is 0.833. The standard InChI is InChI=1S/C16H22O2/c1-3-4-12-5-7-13(8-6-12)9-11(2)14-10-15(14)16(17)18/h5-8,11,14-15H,3-4,9-10H2,1-2H3,(H,17,18). The van der Waals surface area contributed by atoms with Gasteiger partial charge in [-0.3, -0.25) is 4.79 Å². The van der Waals surface area contributed by atoms with Crippen molar-refractivity contribution in [1.82, 2.24) is 0 Å². The summed E-state index contributed by atoms with van der Waals surface area (Å²) < 4.78 is 0. The van der Waals surface area contributed by atoms with E-state index in [0.29, 0.717) is 11.8 Å². The van der Waals surface area contributed by atoms with Gasteiger partial charge in [-0.2, -0.15) is 0 Å². The van der Waals surface area contributed by atoms with Crippen molar-refractivity contribution >= 4 is 5.97 Å². The Labute approximate surface area is 109 Å². The Morgan fingerprint density at radius 2 is 1.94 bits per heavy atom. The Kier molecular flexibility index (Phi) is 4.05. The second kappa shape index (κ2) is 5.55. The molecule has 0 heterocycles. The summed E-state index contributed by atoms with van der Waals surface area (Å²) in [5, 5.41) is 8.93. The Morgan fingerprint density at radius 1 is 1.33 bits per heavy atom. The number of hydrogen-bond acceptors (Lipinski definition) is 1. The second-order valence-corrected chi connectivity index (χ2v) is 5.59. The highest BCUT2D eigenvalue weighted by atomic mass is 16.4. The van der Waals surface area contributed by atoms with Crippen LogP contribution >= 0.6 is 0 Å². The van der Waals surface area contributed by atoms with Crippen LogP contribution in [0.5, 0.6) is 0 Å². The molecule has 3 unspecified atom stereocenters. The van der Waals surface area contributed by atoms with Gasteiger partial charge in [0, 0.05) is 0 Å². The van der Waals surface area contributed by atoms with Gasteiger partial charge < -0.3 is 5.11 Å². The van der Waals surface area contributed by atoms with Crippen molar-refractivity contribution in [2.24, 2.45) is 17.8 Å². The zero-order valence-corrected chi connectivity index (χ0v) is 11.2. The van der Waals surface area contributed by atoms with Crippen LogP contribution in [0.25, 0.3) is 0 Å². The lowest BCUT2D eigenvalue weighted by atomic mass is 9.94. The third-order valence-electron chi connectivity index (χ3n) is 4.01. The van der Waals surface area contributed by atoms with Gasteiger partial charge in [-0.25, -0.2) is 0 Å². The number of benzene rings is 1. The first-order valence-electron chi connectivity index (χ1n) is 6.92. The van der Waals surface area contributed by atoms with Gasteiger partial charge in [-0.05, 0) is 42.2 Å². The lowest BCUT2D eigenvalue weighted by Gasteiger charge is -2.11. The van der Waals surface area contributed by atoms with Crippen molar-refractivity contribution < 1.29 is 9.90 Å². The molecule has 0 spiro atoms. The summed E-state index contributed by atoms with van der Waals surface area (Å²) >= 11 is 0. The number of aryl methyl sites for hydroxylation is 1. The van der Waals surface area contributed by atoms with Crippen LogP contribution in [0.15, 0.2) is 24.3 Å². The maximum atomic E-state index is 10.8. The van der Waals surface area contributed by atoms with E-state index >= 15 is 0 Å². The smallest absolute Gasteiger partial charge is 0.306 e. The van der Waals surface area contributed by atoms with Crippen LogP contribution in [0.2, 0.25) is 0 Å². The van der Waals surface area contributed by atoms with Crippen LogP contribution < -0.4 is 0 Å². The van der Waals surface area contributed by atoms with Crippen LogP contribution in [-0.2, 0) is 17.6 Å². The third kappa shape index (κ3) is 3.12. The molecule has 1 saturated carbocycles. The van der Waals surface area contributed by atoms with E-state index in [1.54, 1.807) is 0 Å². The first-order chi connectivity index (χ1) is 8.61. The molecule has 18 heavy (non-hydrogen) atoms. The van der Waals surface area contributed by atoms with Crippen LogP contribution in [-0.4, -0.2) is 11.1 Å². The molecule has 3 atom stereocenters. The van der Waals surface area contributed by atoms with Crippen molar-refractivity contribution in [3.8, 4) is 0 Å². The monoisotopic (exact) mass is 246 g/mol. The highest BCUT2D eigenvalue weighted by Crippen LogP contribution is 2.45. The molecule has 2 nitrogen and oxygen atoms in total. The van der Waals surface area contributed by atoms with E-state index in [2.05, 4.69) is 38.1 Å². The number of rotatable bonds is 6. The molecular formula is C16H22O2. The molecule has 0 saturated heterocycles. The van der Waals surface area contributed by atoms with E-state index in [-0.39, 0.29) is 5.92 Å². The second-order valence-electron chi connectivity index (χ2n) is 5.59. The van der Waals surface area contributed by atoms with Gasteiger partial charge in [0.15, 0.2) is 0 Å². The summed E-state index contributed by atoms with van der Waals surface area (Å²) in [7, 11) is 0. The Hall–Kier alpha value is -1.31. The van der Waals surface area contributed by atoms with Crippen LogP contribution in [0.3, 0.4) is 0 Å². The predicted molar refractivity (Wildman–Crippen MR) is 72.5 cm³/mol. The summed E-state index contributed by atoms with van der Waals surface area (Å²) in [6, 6.07) is 8.79. The fraction of sp³-hybridized carbons (Fsp3) is 0.562. The summed E-state index contributed by atoms with van der Waals surface area (Å²) in [5.41, 5.74) is 2.72. The van der Waals surface area contributed by atoms with Crippen molar-refractivity contribution in [3.05, 3.63) is 35.4 Å². The minimum absolute atomic E-state index is 0.0839. The molecule has 0 aliphatic heterocycles. The Bertz CT molecular complexity index is 408. The number of hydrogen-bond donors (Lipinski definition) is 1. The molecule has 2 rings (SSSR count). The normalized spacial score (nSPS) is 23.7. The molecule has 1 aromatic carbocycles. The lowest BCUT2D eigenvalue weighted by Crippen LogP contribution is -2.08. The largest absolute Gasteiger partial charge is 0.481 e. The van der Waals surface area contributed by atoms with E-state index in [1.165, 1.54) is 17.5 Å². The predicted octanol–water partition coefficient (Wildman–Crippen LogP) is 3.54. The van der Waals surface area contributed by atoms with Crippen LogP contribution in [0.4, 0.5) is 0 Å². The van der Waals surface area contributed by atoms with E-state index < -0.39 is 5.97 Å². The van der Waals surface area contributed by atoms with E-state index in [0.717, 1.165) is 19.3 Å². The maximum Gasteiger partial charge on any atom is 0.306 e. The minimum Gasteiger partial charge on any atom is -0.481 e. The molecule has 0 amide bonds. The fourth-order valence-corrected chi connectivity index (χ4v) is 2.78. The first-order valence-corrected chi connectivity index (χ1v) is 6.92. The molecule has 1 aliphatic carbocycles. The van der Waals surface area contributed by atoms with Gasteiger partial charge >= 0.3 is 5.97 Å². The van der Waals surface area contributed by atoms with Crippen molar-refractivity contribution in [2.75, 3.05) is 0 Å². The maximum absolute atomic E-state index is 10.8. The topological polar surface area (TPSA) is 37.3 Å². The van der Waals surface area contributed by atoms with Gasteiger partial charge in [0.2, 0.25) is 0 Å². The molecule has 2 heteroatoms. The molecule has 0 radical (unpaired) electrons. The molecule has 0 bridgehead atoms. The highest BCUT2D eigenvalue weighted by molar-refractivity contribution is 5.73. The fourth-order valence-electron chi connectivity index (χ4n) is 2.78. The SMILES string of the molecule is CCCc1ccc(CC(C)C2CC2C(=O)O)cc1. The van der Waals surface area contributed by atoms with Crippen molar-refractivity contribution in [3.63, 3.8) is 0 Å². The Balaban J connectivity index is 1.88. The van der Waals surface area contributed by atoms with Crippen molar-refractivity contribution in [2.45, 2.75) is 39.5 Å². The summed E-state index contributed by atoms with van der Waals surface area (Å²) in [5.74, 6) is 0.158. The first kappa shape index (κ1) is 13.1. The Morgan fingerprint density at radius 3 is 2.44 bits per heavy atom. The van der Waals surface area contributed by atoms with Crippen LogP contribution in [0, 0.1) is 17.8 Å². The van der Waals surface area contributed by atoms with Crippen molar-refractivity contribution in [1.29, 1.82) is 0 Å². The van der Waals surface area contributed by atoms with E-state index in [1.807, 2.05) is 0 Å². The molecule has 1 aromatic rings. The van der Waals surface area contributed by atoms with Gasteiger partial charge in [0.1, 0.15) is 0 Å². The summed E-state index contributed by atoms with van der Waals surface area (Å²) in [4.78, 5) is 10.8. The van der Waals surface area contributed by atoms with Gasteiger partial charge in [-0.15, -0.1) is 0 Å². The van der Waals surface area contributed by atoms with Gasteiger partial charge in [0.25, 0.3) is 0 Å². The molecule has 0 aromatic heterocycles. The molecular weight excluding hydrogens is 224 g/mol. The average Bonchev–Trinajstić information content (AvgIpc) is 3.12. The lowest BCUT2D eigenvalue weighted by molar-refractivity contribution is -0.139. The number of carbonyl (C=O) groups is 1. The third-order valence-corrected chi connectivity index (χ3v) is 4.01. The minimum atomic E-state index is -0.620. The summed E-state index contributed by atoms with van der Waals surface area (Å²) in [6.45, 7) is 4.36. The number of carboxylic acids is 1. The van der Waals surface area contributed by atoms with E-state index in [9.17, 15) is 4.79 Å². The molecule has 1 aliphatic rings. The zero-order chi connectivity index (χ0) is 13.1. The highest BCUT2D eigenvalue weighted by Gasteiger charge is 2.45. The number of aliphatic carboxylic acids is 1. The number of carboxylic acid groups (broad SMARTS) is 1. The summed E-state index contributed by atoms with van der Waals surface area (Å²) in [6.07, 6.45) is 4.18. The van der Waals surface area contributed by atoms with Crippen LogP contribution in [0.1, 0.15) is 37.8 Å². The molecule has 1 N–H and O–H groups in total. The molecule has 1 fully saturated rings. The molecule has 98 valence electrons. The average molecular weight is 246 g/mol. The van der Waals surface area contributed by atoms with Gasteiger partial charge in [0.05, 0.1) is 5.92 Å². The van der Waals surface area contributed by atoms with E-state index in [4.69, 9.17) is 5.11 Å². The zero-order valence-electron chi connectivity index (χ0n) is 11.2. The van der Waals surface area contributed by atoms with Gasteiger partial charge in [-0.1, -0.05) is 44.5 Å².